The van der Waals surface area contributed by atoms with Crippen LogP contribution < -0.4 is 10.6 Å². The first kappa shape index (κ1) is 18.2. The van der Waals surface area contributed by atoms with Crippen LogP contribution >= 0.6 is 11.6 Å². The normalized spacial score (nSPS) is 28.3. The van der Waals surface area contributed by atoms with Gasteiger partial charge in [-0.2, -0.15) is 0 Å². The molecule has 0 aromatic heterocycles. The maximum atomic E-state index is 6.56. The first-order valence-electron chi connectivity index (χ1n) is 9.66. The summed E-state index contributed by atoms with van der Waals surface area (Å²) in [7, 11) is 2.09. The molecule has 2 N–H and O–H groups in total. The van der Waals surface area contributed by atoms with Crippen molar-refractivity contribution in [2.45, 2.75) is 56.5 Å². The molecular weight excluding hydrogens is 318 g/mol. The fourth-order valence-corrected chi connectivity index (χ4v) is 4.92. The third-order valence-corrected chi connectivity index (χ3v) is 6.28. The van der Waals surface area contributed by atoms with Crippen LogP contribution in [0.15, 0.2) is 24.3 Å². The highest BCUT2D eigenvalue weighted by atomic mass is 35.5. The van der Waals surface area contributed by atoms with E-state index in [1.54, 1.807) is 0 Å². The summed E-state index contributed by atoms with van der Waals surface area (Å²) >= 11 is 6.56. The summed E-state index contributed by atoms with van der Waals surface area (Å²) in [5.41, 5.74) is 1.22. The molecule has 1 heterocycles. The average Bonchev–Trinajstić information content (AvgIpc) is 3.13. The molecule has 134 valence electrons. The Morgan fingerprint density at radius 1 is 1.17 bits per heavy atom. The van der Waals surface area contributed by atoms with E-state index in [9.17, 15) is 0 Å². The van der Waals surface area contributed by atoms with Gasteiger partial charge in [0.15, 0.2) is 0 Å². The highest BCUT2D eigenvalue weighted by Gasteiger charge is 2.41. The average molecular weight is 350 g/mol. The third-order valence-electron chi connectivity index (χ3n) is 5.95. The van der Waals surface area contributed by atoms with Crippen molar-refractivity contribution < 1.29 is 0 Å². The minimum atomic E-state index is -0.0375. The van der Waals surface area contributed by atoms with Crippen LogP contribution in [0, 0.1) is 0 Å². The minimum Gasteiger partial charge on any atom is -0.312 e. The van der Waals surface area contributed by atoms with Crippen molar-refractivity contribution in [1.82, 2.24) is 15.5 Å². The quantitative estimate of drug-likeness (QED) is 0.734. The molecule has 0 amide bonds. The fourth-order valence-electron chi connectivity index (χ4n) is 4.61. The Hall–Kier alpha value is -0.610. The van der Waals surface area contributed by atoms with Gasteiger partial charge in [0.2, 0.25) is 0 Å². The molecule has 0 radical (unpaired) electrons. The van der Waals surface area contributed by atoms with Crippen LogP contribution in [0.3, 0.4) is 0 Å². The van der Waals surface area contributed by atoms with Gasteiger partial charge in [0, 0.05) is 11.1 Å². The van der Waals surface area contributed by atoms with Crippen LogP contribution in [0.1, 0.15) is 50.5 Å². The number of likely N-dealkylation sites (tertiary alicyclic amines) is 1. The number of nitrogens with one attached hydrogen (secondary N) is 2. The molecular formula is C20H32ClN3. The molecule has 0 spiro atoms. The number of hydrogen-bond acceptors (Lipinski definition) is 3. The first-order valence-corrected chi connectivity index (χ1v) is 10.0. The zero-order valence-corrected chi connectivity index (χ0v) is 15.7. The molecule has 2 atom stereocenters. The second-order valence-corrected chi connectivity index (χ2v) is 7.76. The number of benzene rings is 1. The number of hydrogen-bond donors (Lipinski definition) is 2. The fraction of sp³-hybridized carbons (Fsp3) is 0.700. The maximum absolute atomic E-state index is 6.56. The lowest BCUT2D eigenvalue weighted by Crippen LogP contribution is -2.58. The second-order valence-electron chi connectivity index (χ2n) is 7.36. The van der Waals surface area contributed by atoms with Gasteiger partial charge in [-0.25, -0.2) is 0 Å². The molecule has 1 aliphatic carbocycles. The molecule has 0 unspecified atom stereocenters. The standard InChI is InChI=1S/C20H32ClN3/c1-22-20(17-9-2-3-10-18(17)21)12-5-4-11-19(20)23-13-8-16-24-14-6-7-15-24/h2-3,9-10,19,22-23H,4-8,11-16H2,1H3/t19-,20+/m0/s1. The number of rotatable bonds is 7. The van der Waals surface area contributed by atoms with Crippen LogP contribution in [0.25, 0.3) is 0 Å². The third kappa shape index (κ3) is 3.96. The Morgan fingerprint density at radius 2 is 1.96 bits per heavy atom. The van der Waals surface area contributed by atoms with Crippen molar-refractivity contribution in [2.24, 2.45) is 0 Å². The van der Waals surface area contributed by atoms with E-state index in [0.717, 1.165) is 18.0 Å². The zero-order chi connectivity index (χ0) is 16.8. The maximum Gasteiger partial charge on any atom is 0.0602 e. The Labute approximate surface area is 152 Å². The molecule has 3 rings (SSSR count). The lowest BCUT2D eigenvalue weighted by molar-refractivity contribution is 0.176. The van der Waals surface area contributed by atoms with E-state index in [2.05, 4.69) is 34.7 Å². The van der Waals surface area contributed by atoms with Gasteiger partial charge in [-0.15, -0.1) is 0 Å². The summed E-state index contributed by atoms with van der Waals surface area (Å²) in [6, 6.07) is 8.81. The molecule has 0 bridgehead atoms. The molecule has 1 aromatic carbocycles. The Kier molecular flexibility index (Phi) is 6.56. The SMILES string of the molecule is CN[C@@]1(c2ccccc2Cl)CCCC[C@@H]1NCCCN1CCCC1. The van der Waals surface area contributed by atoms with Crippen LogP contribution in [-0.4, -0.2) is 44.2 Å². The summed E-state index contributed by atoms with van der Waals surface area (Å²) < 4.78 is 0. The molecule has 1 aliphatic heterocycles. The molecule has 4 heteroatoms. The van der Waals surface area contributed by atoms with E-state index in [4.69, 9.17) is 11.6 Å². The van der Waals surface area contributed by atoms with Crippen molar-refractivity contribution in [1.29, 1.82) is 0 Å². The van der Waals surface area contributed by atoms with E-state index in [0.29, 0.717) is 6.04 Å². The molecule has 1 aromatic rings. The van der Waals surface area contributed by atoms with Gasteiger partial charge in [-0.05, 0) is 77.0 Å². The minimum absolute atomic E-state index is 0.0375. The van der Waals surface area contributed by atoms with Gasteiger partial charge < -0.3 is 15.5 Å². The summed E-state index contributed by atoms with van der Waals surface area (Å²) in [6.07, 6.45) is 8.93. The Morgan fingerprint density at radius 3 is 2.71 bits per heavy atom. The number of likely N-dealkylation sites (N-methyl/N-ethyl adjacent to an activating group) is 1. The predicted molar refractivity (Wildman–Crippen MR) is 103 cm³/mol. The van der Waals surface area contributed by atoms with E-state index in [-0.39, 0.29) is 5.54 Å². The van der Waals surface area contributed by atoms with Crippen LogP contribution in [0.5, 0.6) is 0 Å². The largest absolute Gasteiger partial charge is 0.312 e. The molecule has 2 aliphatic rings. The molecule has 2 fully saturated rings. The van der Waals surface area contributed by atoms with Crippen molar-refractivity contribution in [3.63, 3.8) is 0 Å². The van der Waals surface area contributed by atoms with E-state index in [1.807, 2.05) is 12.1 Å². The van der Waals surface area contributed by atoms with Crippen LogP contribution in [0.2, 0.25) is 5.02 Å². The Bertz CT molecular complexity index is 515. The number of nitrogens with zero attached hydrogens (tertiary/aromatic N) is 1. The van der Waals surface area contributed by atoms with Gasteiger partial charge >= 0.3 is 0 Å². The lowest BCUT2D eigenvalue weighted by atomic mass is 9.72. The van der Waals surface area contributed by atoms with E-state index in [1.165, 1.54) is 63.7 Å². The summed E-state index contributed by atoms with van der Waals surface area (Å²) in [4.78, 5) is 2.60. The number of halogens is 1. The zero-order valence-electron chi connectivity index (χ0n) is 15.0. The van der Waals surface area contributed by atoms with Gasteiger partial charge in [0.25, 0.3) is 0 Å². The lowest BCUT2D eigenvalue weighted by Gasteiger charge is -2.45. The smallest absolute Gasteiger partial charge is 0.0602 e. The highest BCUT2D eigenvalue weighted by Crippen LogP contribution is 2.40. The van der Waals surface area contributed by atoms with Crippen LogP contribution in [-0.2, 0) is 5.54 Å². The molecule has 1 saturated heterocycles. The predicted octanol–water partition coefficient (Wildman–Crippen LogP) is 3.77. The van der Waals surface area contributed by atoms with Crippen molar-refractivity contribution >= 4 is 11.6 Å². The van der Waals surface area contributed by atoms with Crippen LogP contribution in [0.4, 0.5) is 0 Å². The molecule has 1 saturated carbocycles. The molecule has 3 nitrogen and oxygen atoms in total. The summed E-state index contributed by atoms with van der Waals surface area (Å²) in [5, 5.41) is 8.40. The van der Waals surface area contributed by atoms with Crippen molar-refractivity contribution in [2.75, 3.05) is 33.2 Å². The second kappa shape index (κ2) is 8.66. The molecule has 24 heavy (non-hydrogen) atoms. The van der Waals surface area contributed by atoms with E-state index >= 15 is 0 Å². The summed E-state index contributed by atoms with van der Waals surface area (Å²) in [5.74, 6) is 0. The highest BCUT2D eigenvalue weighted by molar-refractivity contribution is 6.31. The summed E-state index contributed by atoms with van der Waals surface area (Å²) in [6.45, 7) is 4.92. The van der Waals surface area contributed by atoms with Crippen molar-refractivity contribution in [3.8, 4) is 0 Å². The van der Waals surface area contributed by atoms with Gasteiger partial charge in [-0.3, -0.25) is 0 Å². The topological polar surface area (TPSA) is 27.3 Å². The monoisotopic (exact) mass is 349 g/mol. The van der Waals surface area contributed by atoms with Gasteiger partial charge in [-0.1, -0.05) is 42.6 Å². The Balaban J connectivity index is 1.64. The van der Waals surface area contributed by atoms with Gasteiger partial charge in [0.1, 0.15) is 0 Å². The van der Waals surface area contributed by atoms with E-state index < -0.39 is 0 Å². The first-order chi connectivity index (χ1) is 11.8. The van der Waals surface area contributed by atoms with Crippen molar-refractivity contribution in [3.05, 3.63) is 34.9 Å². The van der Waals surface area contributed by atoms with Gasteiger partial charge in [0.05, 0.1) is 5.54 Å².